The first kappa shape index (κ1) is 18.7. The topological polar surface area (TPSA) is 112 Å². The molecule has 0 bridgehead atoms. The minimum Gasteiger partial charge on any atom is -0.452 e. The summed E-state index contributed by atoms with van der Waals surface area (Å²) in [7, 11) is 1.76. The van der Waals surface area contributed by atoms with Crippen LogP contribution in [0, 0.1) is 11.6 Å². The highest BCUT2D eigenvalue weighted by Gasteiger charge is 2.15. The van der Waals surface area contributed by atoms with Gasteiger partial charge in [-0.3, -0.25) is 4.79 Å². The molecule has 4 rings (SSSR count). The number of hydrogen-bond donors (Lipinski definition) is 2. The van der Waals surface area contributed by atoms with Gasteiger partial charge in [0.1, 0.15) is 0 Å². The Morgan fingerprint density at radius 2 is 1.93 bits per heavy atom. The molecule has 29 heavy (non-hydrogen) atoms. The van der Waals surface area contributed by atoms with Gasteiger partial charge in [-0.25, -0.2) is 23.5 Å². The first-order valence-corrected chi connectivity index (χ1v) is 9.08. The Morgan fingerprint density at radius 1 is 1.17 bits per heavy atom. The van der Waals surface area contributed by atoms with Crippen molar-refractivity contribution in [3.05, 3.63) is 47.5 Å². The van der Waals surface area contributed by atoms with E-state index in [1.807, 2.05) is 0 Å². The van der Waals surface area contributed by atoms with Crippen LogP contribution in [0.2, 0.25) is 0 Å². The zero-order chi connectivity index (χ0) is 20.7. The SMILES string of the molecule is Cn1c(Nc2nc3cc(F)c(F)cc3s2)nc2cc(C(=O)OCC(N)=O)ccc21. The van der Waals surface area contributed by atoms with Gasteiger partial charge in [-0.1, -0.05) is 11.3 Å². The molecule has 0 radical (unpaired) electrons. The molecule has 0 aliphatic rings. The van der Waals surface area contributed by atoms with E-state index in [0.29, 0.717) is 26.8 Å². The summed E-state index contributed by atoms with van der Waals surface area (Å²) >= 11 is 1.15. The van der Waals surface area contributed by atoms with E-state index in [1.54, 1.807) is 23.7 Å². The van der Waals surface area contributed by atoms with Gasteiger partial charge in [-0.05, 0) is 24.3 Å². The van der Waals surface area contributed by atoms with Crippen LogP contribution in [0.5, 0.6) is 0 Å². The lowest BCUT2D eigenvalue weighted by atomic mass is 10.2. The van der Waals surface area contributed by atoms with Crippen molar-refractivity contribution < 1.29 is 23.1 Å². The van der Waals surface area contributed by atoms with E-state index in [0.717, 1.165) is 29.0 Å². The number of benzene rings is 2. The Balaban J connectivity index is 1.63. The van der Waals surface area contributed by atoms with E-state index in [4.69, 9.17) is 10.5 Å². The second-order valence-electron chi connectivity index (χ2n) is 6.12. The Labute approximate surface area is 165 Å². The highest BCUT2D eigenvalue weighted by Crippen LogP contribution is 2.30. The summed E-state index contributed by atoms with van der Waals surface area (Å²) in [5, 5.41) is 3.42. The lowest BCUT2D eigenvalue weighted by Crippen LogP contribution is -2.20. The fourth-order valence-electron chi connectivity index (χ4n) is 2.73. The van der Waals surface area contributed by atoms with Crippen LogP contribution in [-0.2, 0) is 16.6 Å². The number of nitrogens with zero attached hydrogens (tertiary/aromatic N) is 3. The van der Waals surface area contributed by atoms with Crippen molar-refractivity contribution in [1.82, 2.24) is 14.5 Å². The average molecular weight is 417 g/mol. The molecule has 2 heterocycles. The smallest absolute Gasteiger partial charge is 0.338 e. The number of aryl methyl sites for hydroxylation is 1. The number of amides is 1. The molecule has 11 heteroatoms. The van der Waals surface area contributed by atoms with E-state index in [1.165, 1.54) is 6.07 Å². The number of thiazole rings is 1. The molecule has 1 amide bonds. The highest BCUT2D eigenvalue weighted by atomic mass is 32.1. The number of ether oxygens (including phenoxy) is 1. The molecule has 3 N–H and O–H groups in total. The number of rotatable bonds is 5. The number of carbonyl (C=O) groups is 2. The number of carbonyl (C=O) groups excluding carboxylic acids is 2. The lowest BCUT2D eigenvalue weighted by molar-refractivity contribution is -0.121. The first-order valence-electron chi connectivity index (χ1n) is 8.26. The number of fused-ring (bicyclic) bond motifs is 2. The van der Waals surface area contributed by atoms with E-state index >= 15 is 0 Å². The van der Waals surface area contributed by atoms with Gasteiger partial charge in [-0.15, -0.1) is 0 Å². The standard InChI is InChI=1S/C18H13F2N5O3S/c1-25-13-3-2-8(16(27)28-7-15(21)26)4-11(13)22-17(25)24-18-23-12-5-9(19)10(20)6-14(12)29-18/h2-6H,7H2,1H3,(H2,21,26)(H,22,23,24). The van der Waals surface area contributed by atoms with Crippen molar-refractivity contribution in [3.63, 3.8) is 0 Å². The molecule has 2 aromatic heterocycles. The number of imidazole rings is 1. The second-order valence-corrected chi connectivity index (χ2v) is 7.15. The Morgan fingerprint density at radius 3 is 2.69 bits per heavy atom. The molecule has 8 nitrogen and oxygen atoms in total. The number of esters is 1. The minimum absolute atomic E-state index is 0.217. The Kier molecular flexibility index (Phi) is 4.59. The van der Waals surface area contributed by atoms with E-state index in [9.17, 15) is 18.4 Å². The van der Waals surface area contributed by atoms with Crippen LogP contribution in [0.3, 0.4) is 0 Å². The van der Waals surface area contributed by atoms with Crippen LogP contribution in [0.25, 0.3) is 21.3 Å². The minimum atomic E-state index is -0.965. The first-order chi connectivity index (χ1) is 13.8. The summed E-state index contributed by atoms with van der Waals surface area (Å²) in [6.45, 7) is -0.509. The van der Waals surface area contributed by atoms with Crippen LogP contribution in [0.15, 0.2) is 30.3 Å². The maximum Gasteiger partial charge on any atom is 0.338 e. The third-order valence-corrected chi connectivity index (χ3v) is 5.04. The molecule has 0 saturated carbocycles. The van der Waals surface area contributed by atoms with Crippen molar-refractivity contribution in [2.75, 3.05) is 11.9 Å². The van der Waals surface area contributed by atoms with Gasteiger partial charge in [0.2, 0.25) is 5.95 Å². The van der Waals surface area contributed by atoms with Gasteiger partial charge in [0, 0.05) is 13.1 Å². The zero-order valence-electron chi connectivity index (χ0n) is 14.9. The number of aromatic nitrogens is 3. The van der Waals surface area contributed by atoms with Gasteiger partial charge in [-0.2, -0.15) is 0 Å². The largest absolute Gasteiger partial charge is 0.452 e. The maximum absolute atomic E-state index is 13.4. The van der Waals surface area contributed by atoms with Crippen LogP contribution < -0.4 is 11.1 Å². The molecule has 0 atom stereocenters. The molecular formula is C18H13F2N5O3S. The number of nitrogens with two attached hydrogens (primary N) is 1. The van der Waals surface area contributed by atoms with Crippen LogP contribution in [0.1, 0.15) is 10.4 Å². The number of nitrogens with one attached hydrogen (secondary N) is 1. The second kappa shape index (κ2) is 7.09. The van der Waals surface area contributed by atoms with E-state index < -0.39 is 30.1 Å². The molecule has 0 unspecified atom stereocenters. The third kappa shape index (κ3) is 3.59. The molecule has 4 aromatic rings. The van der Waals surface area contributed by atoms with Gasteiger partial charge in [0.25, 0.3) is 5.91 Å². The molecule has 0 aliphatic heterocycles. The number of hydrogen-bond acceptors (Lipinski definition) is 7. The van der Waals surface area contributed by atoms with Crippen molar-refractivity contribution in [2.24, 2.45) is 12.8 Å². The Hall–Kier alpha value is -3.60. The summed E-state index contributed by atoms with van der Waals surface area (Å²) < 4.78 is 33.8. The van der Waals surface area contributed by atoms with Crippen molar-refractivity contribution >= 4 is 55.5 Å². The predicted molar refractivity (Wildman–Crippen MR) is 103 cm³/mol. The molecule has 148 valence electrons. The zero-order valence-corrected chi connectivity index (χ0v) is 15.7. The fraction of sp³-hybridized carbons (Fsp3) is 0.111. The predicted octanol–water partition coefficient (Wildman–Crippen LogP) is 2.85. The highest BCUT2D eigenvalue weighted by molar-refractivity contribution is 7.22. The third-order valence-electron chi connectivity index (χ3n) is 4.11. The maximum atomic E-state index is 13.4. The summed E-state index contributed by atoms with van der Waals surface area (Å²) in [6.07, 6.45) is 0. The molecule has 0 aliphatic carbocycles. The quantitative estimate of drug-likeness (QED) is 0.483. The van der Waals surface area contributed by atoms with E-state index in [-0.39, 0.29) is 5.56 Å². The normalized spacial score (nSPS) is 11.1. The summed E-state index contributed by atoms with van der Waals surface area (Å²) in [5.74, 6) is -2.93. The van der Waals surface area contributed by atoms with Gasteiger partial charge in [0.15, 0.2) is 23.4 Å². The van der Waals surface area contributed by atoms with Crippen molar-refractivity contribution in [1.29, 1.82) is 0 Å². The Bertz CT molecular complexity index is 1240. The van der Waals surface area contributed by atoms with Gasteiger partial charge >= 0.3 is 5.97 Å². The number of halogens is 2. The number of anilines is 2. The average Bonchev–Trinajstić information content (AvgIpc) is 3.20. The summed E-state index contributed by atoms with van der Waals surface area (Å²) in [5.41, 5.74) is 6.73. The van der Waals surface area contributed by atoms with Crippen LogP contribution in [0.4, 0.5) is 19.9 Å². The molecule has 2 aromatic carbocycles. The molecule has 0 fully saturated rings. The van der Waals surface area contributed by atoms with Crippen LogP contribution >= 0.6 is 11.3 Å². The van der Waals surface area contributed by atoms with Gasteiger partial charge in [0.05, 0.1) is 26.8 Å². The molecule has 0 saturated heterocycles. The lowest BCUT2D eigenvalue weighted by Gasteiger charge is -2.03. The van der Waals surface area contributed by atoms with Crippen LogP contribution in [-0.4, -0.2) is 33.0 Å². The van der Waals surface area contributed by atoms with Crippen molar-refractivity contribution in [2.45, 2.75) is 0 Å². The number of primary amides is 1. The monoisotopic (exact) mass is 417 g/mol. The van der Waals surface area contributed by atoms with E-state index in [2.05, 4.69) is 15.3 Å². The van der Waals surface area contributed by atoms with Crippen molar-refractivity contribution in [3.8, 4) is 0 Å². The van der Waals surface area contributed by atoms with Gasteiger partial charge < -0.3 is 20.4 Å². The summed E-state index contributed by atoms with van der Waals surface area (Å²) in [6, 6.07) is 6.86. The molecule has 0 spiro atoms. The molecular weight excluding hydrogens is 404 g/mol. The summed E-state index contributed by atoms with van der Waals surface area (Å²) in [4.78, 5) is 31.4. The fourth-order valence-corrected chi connectivity index (χ4v) is 3.60.